The van der Waals surface area contributed by atoms with Crippen LogP contribution in [-0.4, -0.2) is 17.7 Å². The minimum Gasteiger partial charge on any atom is -0.325 e. The molecule has 0 radical (unpaired) electrons. The van der Waals surface area contributed by atoms with Gasteiger partial charge in [-0.2, -0.15) is 0 Å². The topological polar surface area (TPSA) is 74.0 Å². The van der Waals surface area contributed by atoms with Crippen LogP contribution in [0.25, 0.3) is 0 Å². The SMILES string of the molecule is CC(CC(C)(C)C)C1(C(C)(C)C)CC(N)C2(N)NC21. The van der Waals surface area contributed by atoms with Gasteiger partial charge < -0.3 is 11.5 Å². The summed E-state index contributed by atoms with van der Waals surface area (Å²) in [5, 5.41) is 3.51. The van der Waals surface area contributed by atoms with Crippen LogP contribution in [0.4, 0.5) is 0 Å². The molecule has 0 amide bonds. The Bertz CT molecular complexity index is 365. The lowest BCUT2D eigenvalue weighted by atomic mass is 9.55. The minimum atomic E-state index is -0.306. The Morgan fingerprint density at radius 1 is 1.21 bits per heavy atom. The number of nitrogens with one attached hydrogen (secondary N) is 1. The smallest absolute Gasteiger partial charge is 0.0984 e. The van der Waals surface area contributed by atoms with Crippen LogP contribution in [0.1, 0.15) is 61.3 Å². The number of nitrogens with two attached hydrogens (primary N) is 2. The third kappa shape index (κ3) is 2.14. The monoisotopic (exact) mass is 267 g/mol. The highest BCUT2D eigenvalue weighted by atomic mass is 15.4. The molecule has 2 aliphatic rings. The summed E-state index contributed by atoms with van der Waals surface area (Å²) in [5.74, 6) is 0.615. The van der Waals surface area contributed by atoms with Crippen LogP contribution in [0.5, 0.6) is 0 Å². The van der Waals surface area contributed by atoms with Gasteiger partial charge in [-0.15, -0.1) is 0 Å². The molecule has 5 N–H and O–H groups in total. The van der Waals surface area contributed by atoms with Gasteiger partial charge >= 0.3 is 0 Å². The Kier molecular flexibility index (Phi) is 3.18. The maximum atomic E-state index is 6.43. The summed E-state index contributed by atoms with van der Waals surface area (Å²) in [7, 11) is 0. The highest BCUT2D eigenvalue weighted by Crippen LogP contribution is 2.63. The Morgan fingerprint density at radius 2 is 1.74 bits per heavy atom. The van der Waals surface area contributed by atoms with Crippen LogP contribution in [0.15, 0.2) is 0 Å². The molecular weight excluding hydrogens is 234 g/mol. The Morgan fingerprint density at radius 3 is 2.00 bits per heavy atom. The molecule has 1 heterocycles. The van der Waals surface area contributed by atoms with Gasteiger partial charge in [-0.3, -0.25) is 5.32 Å². The van der Waals surface area contributed by atoms with Crippen molar-refractivity contribution in [2.45, 2.75) is 79.1 Å². The van der Waals surface area contributed by atoms with Crippen molar-refractivity contribution in [2.75, 3.05) is 0 Å². The van der Waals surface area contributed by atoms with E-state index in [1.807, 2.05) is 0 Å². The zero-order chi connectivity index (χ0) is 14.9. The summed E-state index contributed by atoms with van der Waals surface area (Å²) in [6.45, 7) is 16.4. The van der Waals surface area contributed by atoms with Gasteiger partial charge in [-0.1, -0.05) is 48.5 Å². The second-order valence-corrected chi connectivity index (χ2v) is 9.28. The first-order chi connectivity index (χ1) is 8.34. The highest BCUT2D eigenvalue weighted by molar-refractivity contribution is 5.31. The van der Waals surface area contributed by atoms with Crippen molar-refractivity contribution in [2.24, 2.45) is 33.6 Å². The fraction of sp³-hybridized carbons (Fsp3) is 1.00. The molecule has 0 aromatic heterocycles. The lowest BCUT2D eigenvalue weighted by Crippen LogP contribution is -2.49. The first-order valence-corrected chi connectivity index (χ1v) is 7.67. The van der Waals surface area contributed by atoms with Crippen molar-refractivity contribution >= 4 is 0 Å². The average molecular weight is 267 g/mol. The van der Waals surface area contributed by atoms with E-state index >= 15 is 0 Å². The molecule has 112 valence electrons. The van der Waals surface area contributed by atoms with Crippen molar-refractivity contribution < 1.29 is 0 Å². The fourth-order valence-corrected chi connectivity index (χ4v) is 4.80. The second-order valence-electron chi connectivity index (χ2n) is 9.28. The summed E-state index contributed by atoms with van der Waals surface area (Å²) < 4.78 is 0. The van der Waals surface area contributed by atoms with Crippen LogP contribution >= 0.6 is 0 Å². The minimum absolute atomic E-state index is 0.0825. The summed E-state index contributed by atoms with van der Waals surface area (Å²) in [6.07, 6.45) is 2.26. The van der Waals surface area contributed by atoms with Gasteiger partial charge in [0.2, 0.25) is 0 Å². The molecule has 2 rings (SSSR count). The van der Waals surface area contributed by atoms with Crippen LogP contribution in [0, 0.1) is 22.2 Å². The summed E-state index contributed by atoms with van der Waals surface area (Å²) in [4.78, 5) is 0. The molecule has 2 fully saturated rings. The van der Waals surface area contributed by atoms with E-state index in [0.717, 1.165) is 6.42 Å². The van der Waals surface area contributed by atoms with Gasteiger partial charge in [-0.25, -0.2) is 0 Å². The number of hydrogen-bond donors (Lipinski definition) is 3. The van der Waals surface area contributed by atoms with Crippen molar-refractivity contribution in [3.63, 3.8) is 0 Å². The van der Waals surface area contributed by atoms with E-state index in [1.165, 1.54) is 6.42 Å². The molecule has 19 heavy (non-hydrogen) atoms. The normalized spacial score (nSPS) is 44.1. The van der Waals surface area contributed by atoms with Crippen LogP contribution in [0.3, 0.4) is 0 Å². The van der Waals surface area contributed by atoms with E-state index in [1.54, 1.807) is 0 Å². The van der Waals surface area contributed by atoms with Gasteiger partial charge in [0.05, 0.1) is 5.66 Å². The molecular formula is C16H33N3. The molecule has 1 aliphatic carbocycles. The van der Waals surface area contributed by atoms with E-state index < -0.39 is 0 Å². The molecule has 5 unspecified atom stereocenters. The molecule has 3 nitrogen and oxygen atoms in total. The van der Waals surface area contributed by atoms with E-state index in [2.05, 4.69) is 53.8 Å². The standard InChI is InChI=1S/C16H33N3/c1-10(8-13(2,3)4)15(14(5,6)7)9-11(17)16(18)12(15)19-16/h10-12,19H,8-9,17-18H2,1-7H3. The first-order valence-electron chi connectivity index (χ1n) is 7.67. The maximum Gasteiger partial charge on any atom is 0.0984 e. The third-order valence-corrected chi connectivity index (χ3v) is 5.67. The number of hydrogen-bond acceptors (Lipinski definition) is 3. The third-order valence-electron chi connectivity index (χ3n) is 5.67. The van der Waals surface area contributed by atoms with E-state index in [9.17, 15) is 0 Å². The van der Waals surface area contributed by atoms with E-state index in [0.29, 0.717) is 17.4 Å². The Labute approximate surface area is 118 Å². The molecule has 1 saturated carbocycles. The number of piperidine rings is 1. The van der Waals surface area contributed by atoms with Crippen molar-refractivity contribution in [1.82, 2.24) is 5.32 Å². The summed E-state index contributed by atoms with van der Waals surface area (Å²) >= 11 is 0. The molecule has 0 aromatic rings. The maximum absolute atomic E-state index is 6.43. The lowest BCUT2D eigenvalue weighted by Gasteiger charge is -2.49. The van der Waals surface area contributed by atoms with Crippen LogP contribution in [0.2, 0.25) is 0 Å². The molecule has 1 aliphatic heterocycles. The van der Waals surface area contributed by atoms with Crippen molar-refractivity contribution in [3.05, 3.63) is 0 Å². The predicted octanol–water partition coefficient (Wildman–Crippen LogP) is 2.45. The van der Waals surface area contributed by atoms with Crippen LogP contribution < -0.4 is 16.8 Å². The fourth-order valence-electron chi connectivity index (χ4n) is 4.80. The quantitative estimate of drug-likeness (QED) is 0.673. The summed E-state index contributed by atoms with van der Waals surface area (Å²) in [6, 6.07) is 0.464. The molecule has 1 saturated heterocycles. The average Bonchev–Trinajstić information content (AvgIpc) is 2.77. The van der Waals surface area contributed by atoms with Gasteiger partial charge in [0.15, 0.2) is 0 Å². The molecule has 0 aromatic carbocycles. The number of rotatable bonds is 2. The molecule has 5 atom stereocenters. The first kappa shape index (κ1) is 15.3. The largest absolute Gasteiger partial charge is 0.325 e. The lowest BCUT2D eigenvalue weighted by molar-refractivity contribution is 0.00301. The van der Waals surface area contributed by atoms with E-state index in [4.69, 9.17) is 11.5 Å². The zero-order valence-electron chi connectivity index (χ0n) is 13.8. The van der Waals surface area contributed by atoms with Crippen molar-refractivity contribution in [3.8, 4) is 0 Å². The Balaban J connectivity index is 2.34. The number of fused-ring (bicyclic) bond motifs is 1. The van der Waals surface area contributed by atoms with Crippen molar-refractivity contribution in [1.29, 1.82) is 0 Å². The highest BCUT2D eigenvalue weighted by Gasteiger charge is 2.74. The van der Waals surface area contributed by atoms with Gasteiger partial charge in [0.25, 0.3) is 0 Å². The zero-order valence-corrected chi connectivity index (χ0v) is 13.8. The molecule has 0 spiro atoms. The Hall–Kier alpha value is -0.120. The summed E-state index contributed by atoms with van der Waals surface area (Å²) in [5.41, 5.74) is 13.2. The molecule has 0 bridgehead atoms. The van der Waals surface area contributed by atoms with Gasteiger partial charge in [-0.05, 0) is 35.0 Å². The van der Waals surface area contributed by atoms with Crippen LogP contribution in [-0.2, 0) is 0 Å². The van der Waals surface area contributed by atoms with E-state index in [-0.39, 0.29) is 22.5 Å². The molecule has 3 heteroatoms. The predicted molar refractivity (Wildman–Crippen MR) is 81.6 cm³/mol. The van der Waals surface area contributed by atoms with Gasteiger partial charge in [0.1, 0.15) is 0 Å². The second kappa shape index (κ2) is 3.96. The van der Waals surface area contributed by atoms with Gasteiger partial charge in [0, 0.05) is 12.1 Å².